The van der Waals surface area contributed by atoms with Gasteiger partial charge in [0.15, 0.2) is 0 Å². The molecule has 1 N–H and O–H groups in total. The van der Waals surface area contributed by atoms with Gasteiger partial charge in [0.25, 0.3) is 5.91 Å². The number of methoxy groups -OCH3 is 1. The number of anilines is 2. The van der Waals surface area contributed by atoms with E-state index in [9.17, 15) is 9.18 Å². The Morgan fingerprint density at radius 1 is 0.962 bits per heavy atom. The fraction of sp³-hybridized carbons (Fsp3) is 0.0952. The Kier molecular flexibility index (Phi) is 4.05. The monoisotopic (exact) mass is 348 g/mol. The molecule has 0 unspecified atom stereocenters. The van der Waals surface area contributed by atoms with E-state index in [0.29, 0.717) is 11.3 Å². The number of ether oxygens (including phenoxy) is 1. The number of nitrogens with zero attached hydrogens (tertiary/aromatic N) is 1. The van der Waals surface area contributed by atoms with Gasteiger partial charge in [0.2, 0.25) is 0 Å². The van der Waals surface area contributed by atoms with Crippen molar-refractivity contribution in [2.24, 2.45) is 0 Å². The summed E-state index contributed by atoms with van der Waals surface area (Å²) in [5.74, 6) is 0.0274. The third kappa shape index (κ3) is 2.67. The zero-order valence-electron chi connectivity index (χ0n) is 14.1. The quantitative estimate of drug-likeness (QED) is 0.752. The molecule has 130 valence electrons. The summed E-state index contributed by atoms with van der Waals surface area (Å²) in [4.78, 5) is 14.6. The summed E-state index contributed by atoms with van der Waals surface area (Å²) in [6.45, 7) is 0. The predicted octanol–water partition coefficient (Wildman–Crippen LogP) is 4.61. The Morgan fingerprint density at radius 3 is 2.38 bits per heavy atom. The van der Waals surface area contributed by atoms with Crippen LogP contribution >= 0.6 is 0 Å². The Hall–Kier alpha value is -3.34. The van der Waals surface area contributed by atoms with E-state index in [1.807, 2.05) is 36.4 Å². The zero-order chi connectivity index (χ0) is 18.1. The fourth-order valence-corrected chi connectivity index (χ4v) is 3.17. The molecule has 0 radical (unpaired) electrons. The van der Waals surface area contributed by atoms with E-state index in [1.165, 1.54) is 11.0 Å². The number of fused-ring (bicyclic) bond motifs is 1. The first-order valence-corrected chi connectivity index (χ1v) is 8.26. The number of hydrogen-bond donors (Lipinski definition) is 1. The number of amides is 1. The van der Waals surface area contributed by atoms with Crippen LogP contribution in [0.1, 0.15) is 22.1 Å². The lowest BCUT2D eigenvalue weighted by Gasteiger charge is -2.38. The highest BCUT2D eigenvalue weighted by atomic mass is 19.1. The SMILES string of the molecule is COc1ccc([C@H]2Nc3ccccc3C(=O)N2c2ccccc2F)cc1. The molecule has 0 saturated carbocycles. The van der Waals surface area contributed by atoms with E-state index in [2.05, 4.69) is 5.32 Å². The summed E-state index contributed by atoms with van der Waals surface area (Å²) in [5.41, 5.74) is 2.31. The third-order valence-corrected chi connectivity index (χ3v) is 4.47. The van der Waals surface area contributed by atoms with E-state index in [4.69, 9.17) is 4.74 Å². The molecular formula is C21H17FN2O2. The highest BCUT2D eigenvalue weighted by Crippen LogP contribution is 2.37. The van der Waals surface area contributed by atoms with Crippen LogP contribution in [-0.4, -0.2) is 13.0 Å². The number of benzene rings is 3. The van der Waals surface area contributed by atoms with Crippen molar-refractivity contribution >= 4 is 17.3 Å². The number of carbonyl (C=O) groups excluding carboxylic acids is 1. The lowest BCUT2D eigenvalue weighted by Crippen LogP contribution is -2.43. The zero-order valence-corrected chi connectivity index (χ0v) is 14.1. The molecule has 0 aromatic heterocycles. The van der Waals surface area contributed by atoms with Crippen molar-refractivity contribution in [1.82, 2.24) is 0 Å². The first kappa shape index (κ1) is 16.1. The molecular weight excluding hydrogens is 331 g/mol. The number of hydrogen-bond acceptors (Lipinski definition) is 3. The minimum absolute atomic E-state index is 0.236. The molecule has 1 aliphatic heterocycles. The molecule has 4 nitrogen and oxygen atoms in total. The second-order valence-corrected chi connectivity index (χ2v) is 5.99. The van der Waals surface area contributed by atoms with Crippen molar-refractivity contribution in [2.75, 3.05) is 17.3 Å². The smallest absolute Gasteiger partial charge is 0.262 e. The van der Waals surface area contributed by atoms with Gasteiger partial charge in [-0.3, -0.25) is 9.69 Å². The summed E-state index contributed by atoms with van der Waals surface area (Å²) in [5, 5.41) is 3.35. The van der Waals surface area contributed by atoms with Crippen molar-refractivity contribution in [3.05, 3.63) is 89.7 Å². The molecule has 1 amide bonds. The second-order valence-electron chi connectivity index (χ2n) is 5.99. The number of halogens is 1. The van der Waals surface area contributed by atoms with Gasteiger partial charge < -0.3 is 10.1 Å². The third-order valence-electron chi connectivity index (χ3n) is 4.47. The second kappa shape index (κ2) is 6.52. The fourth-order valence-electron chi connectivity index (χ4n) is 3.17. The summed E-state index contributed by atoms with van der Waals surface area (Å²) in [6, 6.07) is 20.9. The molecule has 3 aromatic rings. The van der Waals surface area contributed by atoms with Gasteiger partial charge in [0.1, 0.15) is 17.7 Å². The molecule has 1 atom stereocenters. The molecule has 5 heteroatoms. The Balaban J connectivity index is 1.86. The topological polar surface area (TPSA) is 41.6 Å². The van der Waals surface area contributed by atoms with Gasteiger partial charge in [-0.1, -0.05) is 36.4 Å². The minimum atomic E-state index is -0.528. The predicted molar refractivity (Wildman–Crippen MR) is 99.0 cm³/mol. The molecule has 1 aliphatic rings. The molecule has 4 rings (SSSR count). The lowest BCUT2D eigenvalue weighted by molar-refractivity contribution is 0.0974. The molecule has 0 fully saturated rings. The van der Waals surface area contributed by atoms with Gasteiger partial charge in [0, 0.05) is 5.69 Å². The lowest BCUT2D eigenvalue weighted by atomic mass is 10.0. The van der Waals surface area contributed by atoms with Crippen LogP contribution in [-0.2, 0) is 0 Å². The van der Waals surface area contributed by atoms with Crippen LogP contribution in [0.25, 0.3) is 0 Å². The van der Waals surface area contributed by atoms with Crippen molar-refractivity contribution in [1.29, 1.82) is 0 Å². The number of rotatable bonds is 3. The Labute approximate surface area is 150 Å². The van der Waals surface area contributed by atoms with Gasteiger partial charge >= 0.3 is 0 Å². The summed E-state index contributed by atoms with van der Waals surface area (Å²) < 4.78 is 19.7. The van der Waals surface area contributed by atoms with Crippen molar-refractivity contribution < 1.29 is 13.9 Å². The number of carbonyl (C=O) groups is 1. The van der Waals surface area contributed by atoms with Crippen LogP contribution in [0.3, 0.4) is 0 Å². The normalized spacial score (nSPS) is 16.0. The summed E-state index contributed by atoms with van der Waals surface area (Å²) >= 11 is 0. The van der Waals surface area contributed by atoms with Crippen LogP contribution in [0.15, 0.2) is 72.8 Å². The summed E-state index contributed by atoms with van der Waals surface area (Å²) in [6.07, 6.45) is -0.528. The molecule has 26 heavy (non-hydrogen) atoms. The van der Waals surface area contributed by atoms with Crippen LogP contribution < -0.4 is 15.0 Å². The first-order chi connectivity index (χ1) is 12.7. The maximum atomic E-state index is 14.5. The Bertz CT molecular complexity index is 956. The standard InChI is InChI=1S/C21H17FN2O2/c1-26-15-12-10-14(11-13-15)20-23-18-8-4-2-6-16(18)21(25)24(20)19-9-5-3-7-17(19)22/h2-13,20,23H,1H3/t20-/m0/s1. The molecule has 0 spiro atoms. The van der Waals surface area contributed by atoms with Crippen LogP contribution in [0.4, 0.5) is 15.8 Å². The van der Waals surface area contributed by atoms with Gasteiger partial charge in [-0.25, -0.2) is 4.39 Å². The van der Waals surface area contributed by atoms with E-state index in [1.54, 1.807) is 37.4 Å². The van der Waals surface area contributed by atoms with E-state index >= 15 is 0 Å². The van der Waals surface area contributed by atoms with Crippen LogP contribution in [0, 0.1) is 5.82 Å². The van der Waals surface area contributed by atoms with Crippen molar-refractivity contribution in [2.45, 2.75) is 6.17 Å². The van der Waals surface area contributed by atoms with E-state index in [0.717, 1.165) is 11.3 Å². The summed E-state index contributed by atoms with van der Waals surface area (Å²) in [7, 11) is 1.60. The number of para-hydroxylation sites is 2. The van der Waals surface area contributed by atoms with Gasteiger partial charge in [-0.15, -0.1) is 0 Å². The van der Waals surface area contributed by atoms with E-state index < -0.39 is 12.0 Å². The highest BCUT2D eigenvalue weighted by Gasteiger charge is 2.35. The van der Waals surface area contributed by atoms with Crippen molar-refractivity contribution in [3.63, 3.8) is 0 Å². The van der Waals surface area contributed by atoms with Gasteiger partial charge in [0.05, 0.1) is 18.4 Å². The maximum Gasteiger partial charge on any atom is 0.262 e. The van der Waals surface area contributed by atoms with Crippen molar-refractivity contribution in [3.8, 4) is 5.75 Å². The highest BCUT2D eigenvalue weighted by molar-refractivity contribution is 6.12. The van der Waals surface area contributed by atoms with Crippen LogP contribution in [0.2, 0.25) is 0 Å². The molecule has 3 aromatic carbocycles. The Morgan fingerprint density at radius 2 is 1.65 bits per heavy atom. The number of nitrogens with one attached hydrogen (secondary N) is 1. The molecule has 0 aliphatic carbocycles. The van der Waals surface area contributed by atoms with Gasteiger partial charge in [-0.2, -0.15) is 0 Å². The molecule has 0 bridgehead atoms. The largest absolute Gasteiger partial charge is 0.497 e. The average Bonchev–Trinajstić information content (AvgIpc) is 2.69. The van der Waals surface area contributed by atoms with Crippen LogP contribution in [0.5, 0.6) is 5.75 Å². The first-order valence-electron chi connectivity index (χ1n) is 8.26. The van der Waals surface area contributed by atoms with E-state index in [-0.39, 0.29) is 11.6 Å². The minimum Gasteiger partial charge on any atom is -0.497 e. The average molecular weight is 348 g/mol. The maximum absolute atomic E-state index is 14.5. The van der Waals surface area contributed by atoms with Gasteiger partial charge in [-0.05, 0) is 42.0 Å². The molecule has 1 heterocycles. The molecule has 0 saturated heterocycles.